The van der Waals surface area contributed by atoms with Crippen molar-refractivity contribution in [2.75, 3.05) is 17.2 Å². The second-order valence-corrected chi connectivity index (χ2v) is 9.32. The molecule has 0 saturated carbocycles. The fourth-order valence-electron chi connectivity index (χ4n) is 3.22. The van der Waals surface area contributed by atoms with Crippen LogP contribution in [-0.2, 0) is 14.3 Å². The Hall–Kier alpha value is -3.10. The summed E-state index contributed by atoms with van der Waals surface area (Å²) < 4.78 is 3.85. The van der Waals surface area contributed by atoms with Crippen LogP contribution in [0.3, 0.4) is 0 Å². The zero-order valence-electron chi connectivity index (χ0n) is 16.9. The lowest BCUT2D eigenvalue weighted by Gasteiger charge is -2.31. The lowest BCUT2D eigenvalue weighted by atomic mass is 10.0. The van der Waals surface area contributed by atoms with Crippen molar-refractivity contribution in [3.05, 3.63) is 65.5 Å². The first-order chi connectivity index (χ1) is 14.9. The van der Waals surface area contributed by atoms with Crippen molar-refractivity contribution in [3.63, 3.8) is 0 Å². The van der Waals surface area contributed by atoms with E-state index in [9.17, 15) is 14.4 Å². The molecule has 1 aliphatic heterocycles. The molecule has 1 atom stereocenters. The maximum Gasteiger partial charge on any atom is 0.341 e. The van der Waals surface area contributed by atoms with E-state index in [4.69, 9.17) is 4.74 Å². The highest BCUT2D eigenvalue weighted by Crippen LogP contribution is 2.44. The Labute approximate surface area is 188 Å². The van der Waals surface area contributed by atoms with Gasteiger partial charge in [-0.1, -0.05) is 54.2 Å². The summed E-state index contributed by atoms with van der Waals surface area (Å²) in [5, 5.41) is 7.77. The van der Waals surface area contributed by atoms with Gasteiger partial charge in [0.2, 0.25) is 5.91 Å². The molecular weight excluding hydrogens is 432 g/mol. The molecule has 31 heavy (non-hydrogen) atoms. The number of thiophene rings is 1. The van der Waals surface area contributed by atoms with Crippen molar-refractivity contribution in [2.45, 2.75) is 23.5 Å². The highest BCUT2D eigenvalue weighted by molar-refractivity contribution is 8.02. The third-order valence-electron chi connectivity index (χ3n) is 4.90. The maximum absolute atomic E-state index is 13.2. The molecule has 2 aromatic carbocycles. The van der Waals surface area contributed by atoms with Gasteiger partial charge in [0, 0.05) is 15.8 Å². The zero-order chi connectivity index (χ0) is 22.0. The molecule has 158 valence electrons. The fourth-order valence-corrected chi connectivity index (χ4v) is 5.28. The Balaban J connectivity index is 1.68. The zero-order valence-corrected chi connectivity index (χ0v) is 18.6. The van der Waals surface area contributed by atoms with Gasteiger partial charge in [-0.2, -0.15) is 0 Å². The van der Waals surface area contributed by atoms with Crippen LogP contribution in [0.5, 0.6) is 0 Å². The van der Waals surface area contributed by atoms with E-state index < -0.39 is 22.5 Å². The van der Waals surface area contributed by atoms with Crippen molar-refractivity contribution in [1.29, 1.82) is 0 Å². The summed E-state index contributed by atoms with van der Waals surface area (Å²) in [4.78, 5) is 39.6. The number of ether oxygens (including phenoxy) is 1. The smallest absolute Gasteiger partial charge is 0.341 e. The Morgan fingerprint density at radius 3 is 2.55 bits per heavy atom. The van der Waals surface area contributed by atoms with Crippen molar-refractivity contribution in [2.24, 2.45) is 0 Å². The number of rotatable bonds is 5. The summed E-state index contributed by atoms with van der Waals surface area (Å²) in [7, 11) is 0. The second kappa shape index (κ2) is 8.56. The van der Waals surface area contributed by atoms with Gasteiger partial charge in [-0.15, -0.1) is 11.3 Å². The third kappa shape index (κ3) is 3.96. The summed E-state index contributed by atoms with van der Waals surface area (Å²) >= 11 is 2.42. The number of carbonyl (C=O) groups excluding carboxylic acids is 3. The van der Waals surface area contributed by atoms with Crippen LogP contribution in [0.15, 0.2) is 64.9 Å². The van der Waals surface area contributed by atoms with Gasteiger partial charge in [0.05, 0.1) is 12.3 Å². The maximum atomic E-state index is 13.2. The van der Waals surface area contributed by atoms with Crippen LogP contribution in [0, 0.1) is 0 Å². The number of anilines is 2. The van der Waals surface area contributed by atoms with Gasteiger partial charge in [0.1, 0.15) is 10.6 Å². The number of nitrogens with one attached hydrogen (secondary N) is 2. The third-order valence-corrected chi connectivity index (χ3v) is 7.15. The van der Waals surface area contributed by atoms with Gasteiger partial charge in [0.15, 0.2) is 4.75 Å². The molecule has 0 radical (unpaired) electrons. The average Bonchev–Trinajstić information content (AvgIpc) is 3.19. The molecule has 4 rings (SSSR count). The monoisotopic (exact) mass is 452 g/mol. The molecule has 1 aromatic heterocycles. The standard InChI is InChI=1S/C23H20N2O4S2/c1-3-29-20(26)18-15(14-9-5-4-6-10-14)13-30-19(18)25-22(28)23(2)21(27)24-16-11-7-8-12-17(16)31-23/h4-13H,3H2,1-2H3,(H,24,27)(H,25,28). The van der Waals surface area contributed by atoms with Crippen LogP contribution in [0.2, 0.25) is 0 Å². The van der Waals surface area contributed by atoms with Crippen LogP contribution in [-0.4, -0.2) is 29.1 Å². The Kier molecular flexibility index (Phi) is 5.84. The highest BCUT2D eigenvalue weighted by atomic mass is 32.2. The number of thioether (sulfide) groups is 1. The minimum absolute atomic E-state index is 0.211. The minimum atomic E-state index is -1.39. The predicted octanol–water partition coefficient (Wildman–Crippen LogP) is 5.03. The predicted molar refractivity (Wildman–Crippen MR) is 124 cm³/mol. The summed E-state index contributed by atoms with van der Waals surface area (Å²) in [5.74, 6) is -1.43. The van der Waals surface area contributed by atoms with Gasteiger partial charge < -0.3 is 15.4 Å². The number of carbonyl (C=O) groups is 3. The molecule has 2 N–H and O–H groups in total. The molecule has 2 heterocycles. The summed E-state index contributed by atoms with van der Waals surface area (Å²) in [5.41, 5.74) is 2.48. The first-order valence-electron chi connectivity index (χ1n) is 9.69. The van der Waals surface area contributed by atoms with Crippen LogP contribution in [0.1, 0.15) is 24.2 Å². The number of hydrogen-bond acceptors (Lipinski definition) is 6. The van der Waals surface area contributed by atoms with Crippen molar-refractivity contribution in [1.82, 2.24) is 0 Å². The van der Waals surface area contributed by atoms with E-state index in [1.54, 1.807) is 19.9 Å². The average molecular weight is 453 g/mol. The van der Waals surface area contributed by atoms with Crippen molar-refractivity contribution in [3.8, 4) is 11.1 Å². The Morgan fingerprint density at radius 1 is 1.10 bits per heavy atom. The van der Waals surface area contributed by atoms with Crippen molar-refractivity contribution < 1.29 is 19.1 Å². The quantitative estimate of drug-likeness (QED) is 0.419. The van der Waals surface area contributed by atoms with Gasteiger partial charge in [-0.3, -0.25) is 9.59 Å². The van der Waals surface area contributed by atoms with E-state index in [1.807, 2.05) is 53.9 Å². The first-order valence-corrected chi connectivity index (χ1v) is 11.4. The van der Waals surface area contributed by atoms with Crippen molar-refractivity contribution >= 4 is 51.6 Å². The second-order valence-electron chi connectivity index (χ2n) is 6.98. The molecule has 2 amide bonds. The van der Waals surface area contributed by atoms with E-state index in [0.717, 1.165) is 10.5 Å². The van der Waals surface area contributed by atoms with Crippen LogP contribution in [0.25, 0.3) is 11.1 Å². The molecule has 8 heteroatoms. The minimum Gasteiger partial charge on any atom is -0.462 e. The van der Waals surface area contributed by atoms with E-state index in [1.165, 1.54) is 23.1 Å². The van der Waals surface area contributed by atoms with Crippen LogP contribution in [0.4, 0.5) is 10.7 Å². The molecule has 3 aromatic rings. The molecule has 0 bridgehead atoms. The summed E-state index contributed by atoms with van der Waals surface area (Å²) in [6.07, 6.45) is 0. The largest absolute Gasteiger partial charge is 0.462 e. The molecule has 1 aliphatic rings. The number of fused-ring (bicyclic) bond motifs is 1. The molecule has 0 spiro atoms. The fraction of sp³-hybridized carbons (Fsp3) is 0.174. The number of para-hydroxylation sites is 1. The van der Waals surface area contributed by atoms with Gasteiger partial charge in [-0.25, -0.2) is 4.79 Å². The van der Waals surface area contributed by atoms with E-state index >= 15 is 0 Å². The molecule has 0 fully saturated rings. The van der Waals surface area contributed by atoms with Gasteiger partial charge in [-0.05, 0) is 31.5 Å². The Morgan fingerprint density at radius 2 is 1.81 bits per heavy atom. The van der Waals surface area contributed by atoms with E-state index in [2.05, 4.69) is 10.6 Å². The van der Waals surface area contributed by atoms with E-state index in [-0.39, 0.29) is 12.2 Å². The molecule has 0 saturated heterocycles. The summed E-state index contributed by atoms with van der Waals surface area (Å²) in [6.45, 7) is 3.52. The van der Waals surface area contributed by atoms with Gasteiger partial charge >= 0.3 is 5.97 Å². The Bertz CT molecular complexity index is 1160. The van der Waals surface area contributed by atoms with Crippen LogP contribution >= 0.6 is 23.1 Å². The molecule has 0 aliphatic carbocycles. The van der Waals surface area contributed by atoms with Crippen LogP contribution < -0.4 is 10.6 Å². The number of amides is 2. The topological polar surface area (TPSA) is 84.5 Å². The number of hydrogen-bond donors (Lipinski definition) is 2. The lowest BCUT2D eigenvalue weighted by Crippen LogP contribution is -2.49. The van der Waals surface area contributed by atoms with Gasteiger partial charge in [0.25, 0.3) is 5.91 Å². The number of benzene rings is 2. The summed E-state index contributed by atoms with van der Waals surface area (Å²) in [6, 6.07) is 16.7. The highest BCUT2D eigenvalue weighted by Gasteiger charge is 2.46. The number of esters is 1. The molecule has 1 unspecified atom stereocenters. The van der Waals surface area contributed by atoms with E-state index in [0.29, 0.717) is 16.3 Å². The normalized spacial score (nSPS) is 17.4. The first kappa shape index (κ1) is 21.1. The lowest BCUT2D eigenvalue weighted by molar-refractivity contribution is -0.126. The molecular formula is C23H20N2O4S2. The molecule has 6 nitrogen and oxygen atoms in total. The SMILES string of the molecule is CCOC(=O)c1c(-c2ccccc2)csc1NC(=O)C1(C)Sc2ccccc2NC1=O.